The predicted molar refractivity (Wildman–Crippen MR) is 96.9 cm³/mol. The lowest BCUT2D eigenvalue weighted by Crippen LogP contribution is -2.34. The Bertz CT molecular complexity index is 839. The SMILES string of the molecule is CC(C)CCN=CC1C(=O)N(c2nc3ccccc3s2)N=C1C(F)(F)F. The number of para-hydroxylation sites is 1. The Kier molecular flexibility index (Phi) is 5.08. The Labute approximate surface area is 152 Å². The summed E-state index contributed by atoms with van der Waals surface area (Å²) in [6.45, 7) is 4.36. The monoisotopic (exact) mass is 382 g/mol. The van der Waals surface area contributed by atoms with Gasteiger partial charge in [0.1, 0.15) is 5.92 Å². The maximum absolute atomic E-state index is 13.3. The highest BCUT2D eigenvalue weighted by molar-refractivity contribution is 7.22. The molecule has 0 spiro atoms. The third-order valence-corrected chi connectivity index (χ3v) is 4.83. The zero-order valence-corrected chi connectivity index (χ0v) is 15.0. The molecule has 0 N–H and O–H groups in total. The smallest absolute Gasteiger partial charge is 0.296 e. The molecule has 1 unspecified atom stereocenters. The zero-order valence-electron chi connectivity index (χ0n) is 14.2. The number of hydrogen-bond acceptors (Lipinski definition) is 5. The Morgan fingerprint density at radius 1 is 1.35 bits per heavy atom. The van der Waals surface area contributed by atoms with Crippen molar-refractivity contribution < 1.29 is 18.0 Å². The van der Waals surface area contributed by atoms with Crippen LogP contribution in [0.25, 0.3) is 10.2 Å². The van der Waals surface area contributed by atoms with Crippen LogP contribution < -0.4 is 5.01 Å². The van der Waals surface area contributed by atoms with Gasteiger partial charge >= 0.3 is 6.18 Å². The van der Waals surface area contributed by atoms with Gasteiger partial charge in [-0.3, -0.25) is 9.79 Å². The summed E-state index contributed by atoms with van der Waals surface area (Å²) in [7, 11) is 0. The molecule has 0 bridgehead atoms. The average molecular weight is 382 g/mol. The molecule has 2 aromatic rings. The highest BCUT2D eigenvalue weighted by Gasteiger charge is 2.50. The molecule has 1 atom stereocenters. The summed E-state index contributed by atoms with van der Waals surface area (Å²) in [5, 5.41) is 4.40. The van der Waals surface area contributed by atoms with Crippen molar-refractivity contribution in [1.82, 2.24) is 4.98 Å². The van der Waals surface area contributed by atoms with Crippen molar-refractivity contribution in [2.45, 2.75) is 26.4 Å². The van der Waals surface area contributed by atoms with Gasteiger partial charge < -0.3 is 0 Å². The van der Waals surface area contributed by atoms with Crippen LogP contribution in [0, 0.1) is 11.8 Å². The van der Waals surface area contributed by atoms with Gasteiger partial charge in [0.15, 0.2) is 5.71 Å². The highest BCUT2D eigenvalue weighted by Crippen LogP contribution is 2.35. The van der Waals surface area contributed by atoms with Crippen LogP contribution in [-0.2, 0) is 4.79 Å². The lowest BCUT2D eigenvalue weighted by molar-refractivity contribution is -0.119. The van der Waals surface area contributed by atoms with Crippen LogP contribution in [0.1, 0.15) is 20.3 Å². The summed E-state index contributed by atoms with van der Waals surface area (Å²) >= 11 is 1.12. The van der Waals surface area contributed by atoms with Crippen LogP contribution in [0.2, 0.25) is 0 Å². The number of rotatable bonds is 5. The molecule has 3 rings (SSSR count). The van der Waals surface area contributed by atoms with E-state index in [-0.39, 0.29) is 5.13 Å². The minimum Gasteiger partial charge on any atom is -0.296 e. The van der Waals surface area contributed by atoms with E-state index in [0.717, 1.165) is 33.7 Å². The summed E-state index contributed by atoms with van der Waals surface area (Å²) in [6.07, 6.45) is -2.92. The number of alkyl halides is 3. The highest BCUT2D eigenvalue weighted by atomic mass is 32.1. The molecule has 5 nitrogen and oxygen atoms in total. The molecule has 2 heterocycles. The van der Waals surface area contributed by atoms with E-state index in [0.29, 0.717) is 18.0 Å². The number of carbonyl (C=O) groups is 1. The van der Waals surface area contributed by atoms with E-state index in [1.807, 2.05) is 13.8 Å². The summed E-state index contributed by atoms with van der Waals surface area (Å²) in [6, 6.07) is 7.09. The second-order valence-corrected chi connectivity index (χ2v) is 7.32. The number of hydrazone groups is 1. The molecule has 0 saturated carbocycles. The lowest BCUT2D eigenvalue weighted by Gasteiger charge is -2.09. The topological polar surface area (TPSA) is 57.9 Å². The number of fused-ring (bicyclic) bond motifs is 1. The van der Waals surface area contributed by atoms with Gasteiger partial charge in [0.05, 0.1) is 10.2 Å². The predicted octanol–water partition coefficient (Wildman–Crippen LogP) is 4.29. The molecule has 0 radical (unpaired) electrons. The van der Waals surface area contributed by atoms with Crippen LogP contribution in [-0.4, -0.2) is 35.5 Å². The van der Waals surface area contributed by atoms with Crippen molar-refractivity contribution >= 4 is 44.5 Å². The van der Waals surface area contributed by atoms with Crippen molar-refractivity contribution in [3.05, 3.63) is 24.3 Å². The van der Waals surface area contributed by atoms with Gasteiger partial charge in [-0.05, 0) is 24.5 Å². The Balaban J connectivity index is 1.90. The molecular weight excluding hydrogens is 365 g/mol. The fraction of sp³-hybridized carbons (Fsp3) is 0.412. The van der Waals surface area contributed by atoms with E-state index >= 15 is 0 Å². The first kappa shape index (κ1) is 18.5. The standard InChI is InChI=1S/C17H17F3N4OS/c1-10(2)7-8-21-9-11-14(17(18,19)20)23-24(15(11)25)16-22-12-5-3-4-6-13(12)26-16/h3-6,9-11H,7-8H2,1-2H3. The lowest BCUT2D eigenvalue weighted by atomic mass is 10.0. The number of thiazole rings is 1. The molecule has 0 saturated heterocycles. The summed E-state index contributed by atoms with van der Waals surface area (Å²) in [4.78, 5) is 20.8. The molecule has 1 aliphatic heterocycles. The minimum absolute atomic E-state index is 0.121. The van der Waals surface area contributed by atoms with E-state index in [2.05, 4.69) is 15.1 Å². The number of carbonyl (C=O) groups excluding carboxylic acids is 1. The molecule has 1 aromatic carbocycles. The van der Waals surface area contributed by atoms with Crippen molar-refractivity contribution in [3.8, 4) is 0 Å². The van der Waals surface area contributed by atoms with Crippen molar-refractivity contribution in [3.63, 3.8) is 0 Å². The van der Waals surface area contributed by atoms with Crippen LogP contribution in [0.3, 0.4) is 0 Å². The quantitative estimate of drug-likeness (QED) is 0.724. The molecule has 0 fully saturated rings. The van der Waals surface area contributed by atoms with E-state index < -0.39 is 23.7 Å². The fourth-order valence-corrected chi connectivity index (χ4v) is 3.36. The van der Waals surface area contributed by atoms with Gasteiger partial charge in [0.25, 0.3) is 5.91 Å². The Morgan fingerprint density at radius 3 is 2.73 bits per heavy atom. The zero-order chi connectivity index (χ0) is 18.9. The summed E-state index contributed by atoms with van der Waals surface area (Å²) in [5.74, 6) is -1.94. The van der Waals surface area contributed by atoms with Crippen LogP contribution in [0.15, 0.2) is 34.4 Å². The van der Waals surface area contributed by atoms with Gasteiger partial charge in [-0.15, -0.1) is 0 Å². The summed E-state index contributed by atoms with van der Waals surface area (Å²) < 4.78 is 40.8. The number of aromatic nitrogens is 1. The first-order valence-electron chi connectivity index (χ1n) is 8.12. The maximum Gasteiger partial charge on any atom is 0.432 e. The Morgan fingerprint density at radius 2 is 2.08 bits per heavy atom. The number of amides is 1. The molecule has 138 valence electrons. The maximum atomic E-state index is 13.3. The fourth-order valence-electron chi connectivity index (χ4n) is 2.44. The number of aliphatic imine (C=N–C) groups is 1. The van der Waals surface area contributed by atoms with E-state index in [1.165, 1.54) is 0 Å². The normalized spacial score (nSPS) is 18.5. The van der Waals surface area contributed by atoms with Crippen LogP contribution in [0.4, 0.5) is 18.3 Å². The van der Waals surface area contributed by atoms with Crippen molar-refractivity contribution in [2.24, 2.45) is 21.9 Å². The van der Waals surface area contributed by atoms with Gasteiger partial charge in [0, 0.05) is 12.8 Å². The third-order valence-electron chi connectivity index (χ3n) is 3.82. The molecule has 1 aliphatic rings. The van der Waals surface area contributed by atoms with Gasteiger partial charge in [0.2, 0.25) is 5.13 Å². The average Bonchev–Trinajstić information content (AvgIpc) is 3.12. The first-order chi connectivity index (χ1) is 12.3. The third kappa shape index (κ3) is 3.77. The second kappa shape index (κ2) is 7.14. The summed E-state index contributed by atoms with van der Waals surface area (Å²) in [5.41, 5.74) is -0.548. The Hall–Kier alpha value is -2.29. The van der Waals surface area contributed by atoms with Crippen molar-refractivity contribution in [1.29, 1.82) is 0 Å². The van der Waals surface area contributed by atoms with Gasteiger partial charge in [-0.1, -0.05) is 37.3 Å². The van der Waals surface area contributed by atoms with Gasteiger partial charge in [-0.2, -0.15) is 23.3 Å². The number of nitrogens with zero attached hydrogens (tertiary/aromatic N) is 4. The van der Waals surface area contributed by atoms with E-state index in [4.69, 9.17) is 0 Å². The van der Waals surface area contributed by atoms with E-state index in [1.54, 1.807) is 24.3 Å². The molecule has 26 heavy (non-hydrogen) atoms. The number of hydrogen-bond donors (Lipinski definition) is 0. The number of anilines is 1. The van der Waals surface area contributed by atoms with Gasteiger partial charge in [-0.25, -0.2) is 4.98 Å². The molecule has 1 amide bonds. The number of benzene rings is 1. The number of halogens is 3. The first-order valence-corrected chi connectivity index (χ1v) is 8.94. The molecular formula is C17H17F3N4OS. The largest absolute Gasteiger partial charge is 0.432 e. The van der Waals surface area contributed by atoms with Crippen molar-refractivity contribution in [2.75, 3.05) is 11.6 Å². The van der Waals surface area contributed by atoms with E-state index in [9.17, 15) is 18.0 Å². The molecule has 0 aliphatic carbocycles. The molecule has 9 heteroatoms. The van der Waals surface area contributed by atoms with Crippen LogP contribution in [0.5, 0.6) is 0 Å². The second-order valence-electron chi connectivity index (χ2n) is 6.31. The van der Waals surface area contributed by atoms with Crippen LogP contribution >= 0.6 is 11.3 Å². The molecule has 1 aromatic heterocycles. The minimum atomic E-state index is -4.71.